The van der Waals surface area contributed by atoms with Gasteiger partial charge in [-0.25, -0.2) is 9.38 Å². The predicted octanol–water partition coefficient (Wildman–Crippen LogP) is 5.86. The minimum absolute atomic E-state index is 0.136. The summed E-state index contributed by atoms with van der Waals surface area (Å²) in [6, 6.07) is 14.5. The van der Waals surface area contributed by atoms with Crippen LogP contribution in [0.25, 0.3) is 10.4 Å². The van der Waals surface area contributed by atoms with Gasteiger partial charge in [-0.1, -0.05) is 47.2 Å². The molecule has 1 amide bonds. The maximum Gasteiger partial charge on any atom is 0.246 e. The van der Waals surface area contributed by atoms with Crippen LogP contribution >= 0.6 is 11.8 Å². The van der Waals surface area contributed by atoms with Gasteiger partial charge in [0.15, 0.2) is 5.17 Å². The number of carbonyl (C=O) groups excluding carboxylic acids is 1. The van der Waals surface area contributed by atoms with Crippen LogP contribution in [0.3, 0.4) is 0 Å². The van der Waals surface area contributed by atoms with E-state index in [1.807, 2.05) is 0 Å². The van der Waals surface area contributed by atoms with E-state index in [-0.39, 0.29) is 5.91 Å². The highest BCUT2D eigenvalue weighted by Gasteiger charge is 2.39. The Hall–Kier alpha value is -3.55. The second-order valence-electron chi connectivity index (χ2n) is 6.21. The molecule has 0 radical (unpaired) electrons. The van der Waals surface area contributed by atoms with Crippen LogP contribution in [0.2, 0.25) is 0 Å². The summed E-state index contributed by atoms with van der Waals surface area (Å²) in [5.74, 6) is -0.532. The number of hydrogen-bond donors (Lipinski definition) is 0. The zero-order valence-corrected chi connectivity index (χ0v) is 15.8. The molecule has 0 bridgehead atoms. The Bertz CT molecular complexity index is 1110. The van der Waals surface area contributed by atoms with E-state index in [4.69, 9.17) is 9.95 Å². The van der Waals surface area contributed by atoms with E-state index < -0.39 is 11.1 Å². The number of amides is 1. The van der Waals surface area contributed by atoms with Crippen molar-refractivity contribution in [3.63, 3.8) is 0 Å². The zero-order chi connectivity index (χ0) is 20.2. The molecular formula is C20H14FN5O2S. The second-order valence-corrected chi connectivity index (χ2v) is 7.28. The van der Waals surface area contributed by atoms with Gasteiger partial charge in [-0.2, -0.15) is 0 Å². The van der Waals surface area contributed by atoms with Crippen LogP contribution in [0, 0.1) is 5.82 Å². The molecule has 1 aromatic heterocycles. The lowest BCUT2D eigenvalue weighted by Crippen LogP contribution is -2.29. The van der Waals surface area contributed by atoms with Crippen molar-refractivity contribution in [3.8, 4) is 0 Å². The van der Waals surface area contributed by atoms with Gasteiger partial charge in [-0.15, -0.1) is 0 Å². The van der Waals surface area contributed by atoms with E-state index in [0.29, 0.717) is 23.1 Å². The Morgan fingerprint density at radius 1 is 1.17 bits per heavy atom. The van der Waals surface area contributed by atoms with Gasteiger partial charge in [0.25, 0.3) is 0 Å². The summed E-state index contributed by atoms with van der Waals surface area (Å²) < 4.78 is 18.7. The molecule has 1 atom stereocenters. The Labute approximate surface area is 169 Å². The van der Waals surface area contributed by atoms with E-state index in [1.54, 1.807) is 59.9 Å². The highest BCUT2D eigenvalue weighted by molar-refractivity contribution is 8.15. The summed E-state index contributed by atoms with van der Waals surface area (Å²) in [5.41, 5.74) is 11.0. The number of amidine groups is 1. The largest absolute Gasteiger partial charge is 0.472 e. The molecule has 9 heteroatoms. The van der Waals surface area contributed by atoms with Crippen LogP contribution in [0.5, 0.6) is 0 Å². The second kappa shape index (κ2) is 8.22. The van der Waals surface area contributed by atoms with Gasteiger partial charge < -0.3 is 4.42 Å². The van der Waals surface area contributed by atoms with Crippen LogP contribution in [0.1, 0.15) is 16.4 Å². The first-order chi connectivity index (χ1) is 14.1. The minimum atomic E-state index is -0.505. The first kappa shape index (κ1) is 18.8. The zero-order valence-electron chi connectivity index (χ0n) is 15.0. The third kappa shape index (κ3) is 4.16. The van der Waals surface area contributed by atoms with E-state index in [0.717, 1.165) is 11.1 Å². The molecule has 1 saturated heterocycles. The summed E-state index contributed by atoms with van der Waals surface area (Å²) in [4.78, 5) is 22.0. The van der Waals surface area contributed by atoms with Crippen molar-refractivity contribution in [2.75, 3.05) is 0 Å². The third-order valence-electron chi connectivity index (χ3n) is 4.25. The Morgan fingerprint density at radius 2 is 2.00 bits per heavy atom. The normalized spacial score (nSPS) is 17.6. The number of benzene rings is 2. The molecule has 0 aliphatic carbocycles. The van der Waals surface area contributed by atoms with E-state index in [2.05, 4.69) is 15.0 Å². The van der Waals surface area contributed by atoms with Gasteiger partial charge in [0.05, 0.1) is 24.8 Å². The summed E-state index contributed by atoms with van der Waals surface area (Å²) in [5, 5.41) is 3.52. The molecule has 2 heterocycles. The van der Waals surface area contributed by atoms with Crippen molar-refractivity contribution >= 4 is 34.2 Å². The maximum absolute atomic E-state index is 13.6. The number of aliphatic imine (C=N–C) groups is 1. The van der Waals surface area contributed by atoms with Crippen LogP contribution in [0.15, 0.2) is 81.6 Å². The van der Waals surface area contributed by atoms with E-state index >= 15 is 0 Å². The van der Waals surface area contributed by atoms with Crippen molar-refractivity contribution in [2.45, 2.75) is 11.8 Å². The number of carbonyl (C=O) groups is 1. The molecule has 1 fully saturated rings. The molecule has 144 valence electrons. The van der Waals surface area contributed by atoms with Gasteiger partial charge >= 0.3 is 0 Å². The van der Waals surface area contributed by atoms with Gasteiger partial charge in [0.2, 0.25) is 5.91 Å². The number of halogens is 1. The van der Waals surface area contributed by atoms with Gasteiger partial charge in [-0.3, -0.25) is 9.69 Å². The molecule has 1 aliphatic heterocycles. The molecule has 7 nitrogen and oxygen atoms in total. The SMILES string of the molecule is [N-]=[N+]=Nc1ccc(C2S/C(=N\c3cccc(F)c3)N(Cc3ccoc3)C2=O)cc1. The maximum atomic E-state index is 13.6. The van der Waals surface area contributed by atoms with Crippen molar-refractivity contribution in [2.24, 2.45) is 10.1 Å². The molecule has 3 aromatic rings. The van der Waals surface area contributed by atoms with Crippen molar-refractivity contribution < 1.29 is 13.6 Å². The molecule has 0 N–H and O–H groups in total. The third-order valence-corrected chi connectivity index (χ3v) is 5.49. The Balaban J connectivity index is 1.68. The molecule has 1 unspecified atom stereocenters. The lowest BCUT2D eigenvalue weighted by Gasteiger charge is -2.15. The number of hydrogen-bond acceptors (Lipinski definition) is 5. The van der Waals surface area contributed by atoms with E-state index in [1.165, 1.54) is 23.9 Å². The van der Waals surface area contributed by atoms with Crippen LogP contribution in [-0.4, -0.2) is 16.0 Å². The molecular weight excluding hydrogens is 393 g/mol. The standard InChI is InChI=1S/C20H14FN5O2S/c21-15-2-1-3-17(10-15)23-20-26(11-13-8-9-28-12-13)19(27)18(29-20)14-4-6-16(7-5-14)24-25-22/h1-10,12,18H,11H2/b23-20-. The topological polar surface area (TPSA) is 94.6 Å². The highest BCUT2D eigenvalue weighted by atomic mass is 32.2. The highest BCUT2D eigenvalue weighted by Crippen LogP contribution is 2.41. The number of nitrogens with zero attached hydrogens (tertiary/aromatic N) is 5. The van der Waals surface area contributed by atoms with E-state index in [9.17, 15) is 9.18 Å². The number of furan rings is 1. The molecule has 1 aliphatic rings. The van der Waals surface area contributed by atoms with Crippen molar-refractivity contribution in [3.05, 3.63) is 94.5 Å². The van der Waals surface area contributed by atoms with Crippen LogP contribution in [-0.2, 0) is 11.3 Å². The molecule has 29 heavy (non-hydrogen) atoms. The minimum Gasteiger partial charge on any atom is -0.472 e. The Kier molecular flexibility index (Phi) is 5.33. The summed E-state index contributed by atoms with van der Waals surface area (Å²) in [6.07, 6.45) is 3.11. The fraction of sp³-hybridized carbons (Fsp3) is 0.100. The first-order valence-electron chi connectivity index (χ1n) is 8.62. The first-order valence-corrected chi connectivity index (χ1v) is 9.50. The fourth-order valence-electron chi connectivity index (χ4n) is 2.89. The van der Waals surface area contributed by atoms with Crippen molar-refractivity contribution in [1.82, 2.24) is 4.90 Å². The molecule has 0 saturated carbocycles. The molecule has 4 rings (SSSR count). The van der Waals surface area contributed by atoms with Crippen molar-refractivity contribution in [1.29, 1.82) is 0 Å². The van der Waals surface area contributed by atoms with Crippen LogP contribution in [0.4, 0.5) is 15.8 Å². The number of azide groups is 1. The summed E-state index contributed by atoms with van der Waals surface area (Å²) >= 11 is 1.29. The predicted molar refractivity (Wildman–Crippen MR) is 108 cm³/mol. The monoisotopic (exact) mass is 407 g/mol. The summed E-state index contributed by atoms with van der Waals surface area (Å²) in [7, 11) is 0. The fourth-order valence-corrected chi connectivity index (χ4v) is 4.06. The molecule has 0 spiro atoms. The lowest BCUT2D eigenvalue weighted by molar-refractivity contribution is -0.126. The quantitative estimate of drug-likeness (QED) is 0.301. The summed E-state index contributed by atoms with van der Waals surface area (Å²) in [6.45, 7) is 0.295. The van der Waals surface area contributed by atoms with Gasteiger partial charge in [0, 0.05) is 16.2 Å². The average molecular weight is 407 g/mol. The smallest absolute Gasteiger partial charge is 0.246 e. The van der Waals surface area contributed by atoms with Gasteiger partial charge in [0.1, 0.15) is 11.1 Å². The molecule has 2 aromatic carbocycles. The Morgan fingerprint density at radius 3 is 2.69 bits per heavy atom. The lowest BCUT2D eigenvalue weighted by atomic mass is 10.1. The van der Waals surface area contributed by atoms with Gasteiger partial charge in [-0.05, 0) is 35.4 Å². The number of thioether (sulfide) groups is 1. The number of rotatable bonds is 5. The average Bonchev–Trinajstić information content (AvgIpc) is 3.33. The van der Waals surface area contributed by atoms with Crippen LogP contribution < -0.4 is 0 Å².